The summed E-state index contributed by atoms with van der Waals surface area (Å²) in [5.41, 5.74) is -1.57. The van der Waals surface area contributed by atoms with E-state index in [0.29, 0.717) is 54.1 Å². The Hall–Kier alpha value is -3.81. The number of anilines is 1. The SMILES string of the molecule is C#Cc1c(F)ccc2cc(C)cc(-c3c(C(F)(F)F)cc4c(N5CC6CCC(C5)N6)nc(CCC5(CN6CC(C)CC6C)CC5)nc4c3F)c12. The van der Waals surface area contributed by atoms with Crippen LogP contribution in [0.15, 0.2) is 30.3 Å². The average molecular weight is 688 g/mol. The number of nitrogens with one attached hydrogen (secondary N) is 1. The van der Waals surface area contributed by atoms with Crippen LogP contribution in [-0.2, 0) is 12.6 Å². The molecule has 0 spiro atoms. The molecule has 3 aliphatic heterocycles. The number of halogens is 5. The van der Waals surface area contributed by atoms with Crippen molar-refractivity contribution in [2.24, 2.45) is 11.3 Å². The van der Waals surface area contributed by atoms with E-state index in [0.717, 1.165) is 51.3 Å². The summed E-state index contributed by atoms with van der Waals surface area (Å²) in [6.07, 6.45) is 7.41. The van der Waals surface area contributed by atoms with E-state index < -0.39 is 28.9 Å². The van der Waals surface area contributed by atoms with Gasteiger partial charge >= 0.3 is 6.18 Å². The molecule has 50 heavy (non-hydrogen) atoms. The molecule has 4 fully saturated rings. The molecule has 5 nitrogen and oxygen atoms in total. The number of nitrogens with zero attached hydrogens (tertiary/aromatic N) is 4. The molecule has 0 radical (unpaired) electrons. The summed E-state index contributed by atoms with van der Waals surface area (Å²) < 4.78 is 77.7. The van der Waals surface area contributed by atoms with Crippen molar-refractivity contribution in [1.82, 2.24) is 20.2 Å². The Morgan fingerprint density at radius 3 is 2.40 bits per heavy atom. The molecule has 4 aromatic rings. The molecule has 4 aliphatic rings. The molecule has 10 heteroatoms. The smallest absolute Gasteiger partial charge is 0.353 e. The minimum absolute atomic E-state index is 0.0324. The quantitative estimate of drug-likeness (QED) is 0.156. The summed E-state index contributed by atoms with van der Waals surface area (Å²) >= 11 is 0. The minimum Gasteiger partial charge on any atom is -0.353 e. The van der Waals surface area contributed by atoms with Gasteiger partial charge in [0.25, 0.3) is 0 Å². The van der Waals surface area contributed by atoms with Crippen LogP contribution in [0.5, 0.6) is 0 Å². The molecule has 4 heterocycles. The Morgan fingerprint density at radius 1 is 1.02 bits per heavy atom. The third kappa shape index (κ3) is 5.90. The largest absolute Gasteiger partial charge is 0.417 e. The van der Waals surface area contributed by atoms with Crippen molar-refractivity contribution in [2.45, 2.75) is 90.0 Å². The third-order valence-corrected chi connectivity index (χ3v) is 11.7. The van der Waals surface area contributed by atoms with E-state index in [2.05, 4.69) is 30.0 Å². The molecule has 1 saturated carbocycles. The highest BCUT2D eigenvalue weighted by atomic mass is 19.4. The lowest BCUT2D eigenvalue weighted by Crippen LogP contribution is -2.51. The van der Waals surface area contributed by atoms with Crippen LogP contribution in [0.25, 0.3) is 32.8 Å². The second-order valence-electron chi connectivity index (χ2n) is 15.6. The topological polar surface area (TPSA) is 44.3 Å². The number of piperazine rings is 1. The van der Waals surface area contributed by atoms with Crippen LogP contribution in [0.3, 0.4) is 0 Å². The van der Waals surface area contributed by atoms with Gasteiger partial charge in [-0.3, -0.25) is 4.90 Å². The molecule has 4 unspecified atom stereocenters. The van der Waals surface area contributed by atoms with Crippen molar-refractivity contribution in [3.05, 3.63) is 64.5 Å². The fourth-order valence-corrected chi connectivity index (χ4v) is 9.07. The van der Waals surface area contributed by atoms with Crippen LogP contribution in [-0.4, -0.2) is 59.2 Å². The first-order valence-electron chi connectivity index (χ1n) is 17.9. The summed E-state index contributed by atoms with van der Waals surface area (Å²) in [5, 5.41) is 4.10. The van der Waals surface area contributed by atoms with Crippen LogP contribution >= 0.6 is 0 Å². The van der Waals surface area contributed by atoms with Gasteiger partial charge in [0.1, 0.15) is 23.0 Å². The summed E-state index contributed by atoms with van der Waals surface area (Å²) in [6, 6.07) is 7.71. The number of aryl methyl sites for hydroxylation is 2. The zero-order chi connectivity index (χ0) is 35.1. The van der Waals surface area contributed by atoms with E-state index in [1.54, 1.807) is 13.0 Å². The Bertz CT molecular complexity index is 2030. The number of alkyl halides is 3. The maximum absolute atomic E-state index is 17.3. The van der Waals surface area contributed by atoms with E-state index in [4.69, 9.17) is 16.4 Å². The van der Waals surface area contributed by atoms with E-state index in [1.807, 2.05) is 4.90 Å². The molecule has 1 aliphatic carbocycles. The number of hydrogen-bond acceptors (Lipinski definition) is 5. The highest BCUT2D eigenvalue weighted by Crippen LogP contribution is 2.51. The standard InChI is InChI=1S/C40H42F5N5/c1-5-28-32(41)9-6-25-15-22(2)16-29(34(25)28)35-31(40(43,44)45)17-30-37(36(35)42)47-33(48-38(30)49-19-26-7-8-27(20-49)46-26)10-11-39(12-13-39)21-50-18-23(3)14-24(50)4/h1,6,9,15-17,23-24,26-27,46H,7-8,10-14,18-21H2,2-4H3. The van der Waals surface area contributed by atoms with Gasteiger partial charge in [-0.05, 0) is 92.4 Å². The summed E-state index contributed by atoms with van der Waals surface area (Å²) in [4.78, 5) is 14.3. The van der Waals surface area contributed by atoms with Crippen LogP contribution in [0, 0.1) is 42.2 Å². The third-order valence-electron chi connectivity index (χ3n) is 11.7. The molecule has 262 valence electrons. The summed E-state index contributed by atoms with van der Waals surface area (Å²) in [5.74, 6) is 1.89. The number of benzene rings is 3. The first-order valence-corrected chi connectivity index (χ1v) is 17.9. The Morgan fingerprint density at radius 2 is 1.76 bits per heavy atom. The molecule has 1 aromatic heterocycles. The van der Waals surface area contributed by atoms with E-state index in [1.165, 1.54) is 24.6 Å². The maximum atomic E-state index is 17.3. The van der Waals surface area contributed by atoms with E-state index >= 15 is 22.0 Å². The van der Waals surface area contributed by atoms with Gasteiger partial charge in [0.15, 0.2) is 5.82 Å². The first-order chi connectivity index (χ1) is 23.8. The lowest BCUT2D eigenvalue weighted by Gasteiger charge is -2.34. The second-order valence-corrected chi connectivity index (χ2v) is 15.6. The first kappa shape index (κ1) is 33.3. The molecule has 3 saturated heterocycles. The van der Waals surface area contributed by atoms with Crippen molar-refractivity contribution in [3.8, 4) is 23.5 Å². The normalized spacial score (nSPS) is 24.7. The number of likely N-dealkylation sites (tertiary alicyclic amines) is 1. The van der Waals surface area contributed by atoms with Crippen molar-refractivity contribution >= 4 is 27.5 Å². The molecule has 3 aromatic carbocycles. The predicted molar refractivity (Wildman–Crippen MR) is 187 cm³/mol. The van der Waals surface area contributed by atoms with Crippen molar-refractivity contribution in [3.63, 3.8) is 0 Å². The lowest BCUT2D eigenvalue weighted by atomic mass is 9.88. The minimum atomic E-state index is -4.94. The Kier molecular flexibility index (Phi) is 8.11. The van der Waals surface area contributed by atoms with E-state index in [-0.39, 0.29) is 44.9 Å². The second kappa shape index (κ2) is 12.2. The maximum Gasteiger partial charge on any atom is 0.417 e. The van der Waals surface area contributed by atoms with Crippen LogP contribution < -0.4 is 10.2 Å². The molecule has 1 N–H and O–H groups in total. The number of fused-ring (bicyclic) bond motifs is 4. The van der Waals surface area contributed by atoms with E-state index in [9.17, 15) is 0 Å². The number of aromatic nitrogens is 2. The molecule has 0 amide bonds. The van der Waals surface area contributed by atoms with Crippen molar-refractivity contribution in [2.75, 3.05) is 31.1 Å². The highest BCUT2D eigenvalue weighted by Gasteiger charge is 2.46. The van der Waals surface area contributed by atoms with Gasteiger partial charge in [0.2, 0.25) is 0 Å². The molecule has 8 rings (SSSR count). The van der Waals surface area contributed by atoms with Gasteiger partial charge in [-0.25, -0.2) is 18.7 Å². The van der Waals surface area contributed by atoms with Crippen LogP contribution in [0.4, 0.5) is 27.8 Å². The fraction of sp³-hybridized carbons (Fsp3) is 0.500. The number of hydrogen-bond donors (Lipinski definition) is 1. The van der Waals surface area contributed by atoms with Gasteiger partial charge in [0, 0.05) is 67.1 Å². The van der Waals surface area contributed by atoms with Crippen molar-refractivity contribution in [1.29, 1.82) is 0 Å². The van der Waals surface area contributed by atoms with Crippen LogP contribution in [0.2, 0.25) is 0 Å². The molecular weight excluding hydrogens is 645 g/mol. The molecule has 2 bridgehead atoms. The highest BCUT2D eigenvalue weighted by molar-refractivity contribution is 6.04. The van der Waals surface area contributed by atoms with Crippen LogP contribution in [0.1, 0.15) is 74.9 Å². The predicted octanol–water partition coefficient (Wildman–Crippen LogP) is 8.42. The lowest BCUT2D eigenvalue weighted by molar-refractivity contribution is -0.137. The Labute approximate surface area is 289 Å². The summed E-state index contributed by atoms with van der Waals surface area (Å²) in [7, 11) is 0. The Balaban J connectivity index is 1.30. The van der Waals surface area contributed by atoms with Gasteiger partial charge in [0.05, 0.1) is 11.1 Å². The summed E-state index contributed by atoms with van der Waals surface area (Å²) in [6.45, 7) is 9.50. The number of rotatable bonds is 7. The van der Waals surface area contributed by atoms with Gasteiger partial charge in [-0.15, -0.1) is 6.42 Å². The van der Waals surface area contributed by atoms with Crippen molar-refractivity contribution < 1.29 is 22.0 Å². The van der Waals surface area contributed by atoms with Gasteiger partial charge in [-0.1, -0.05) is 31.0 Å². The molecule has 4 atom stereocenters. The van der Waals surface area contributed by atoms with Gasteiger partial charge < -0.3 is 10.2 Å². The zero-order valence-electron chi connectivity index (χ0n) is 28.7. The average Bonchev–Trinajstić information content (AvgIpc) is 3.65. The number of terminal acetylenes is 1. The van der Waals surface area contributed by atoms with Gasteiger partial charge in [-0.2, -0.15) is 13.2 Å². The zero-order valence-corrected chi connectivity index (χ0v) is 28.7. The monoisotopic (exact) mass is 687 g/mol. The fourth-order valence-electron chi connectivity index (χ4n) is 9.07. The molecular formula is C40H42F5N5.